The maximum Gasteiger partial charge on any atom is 0.416 e. The van der Waals surface area contributed by atoms with E-state index in [2.05, 4.69) is 25.6 Å². The third kappa shape index (κ3) is 32.2. The van der Waals surface area contributed by atoms with E-state index in [0.29, 0.717) is 176 Å². The van der Waals surface area contributed by atoms with Crippen LogP contribution in [0.4, 0.5) is 10.6 Å². The average Bonchev–Trinajstić information content (AvgIpc) is 3.70. The maximum atomic E-state index is 13.2. The van der Waals surface area contributed by atoms with Crippen LogP contribution in [0.25, 0.3) is 32.3 Å². The van der Waals surface area contributed by atoms with Crippen molar-refractivity contribution in [2.45, 2.75) is 58.6 Å². The first-order valence-corrected chi connectivity index (χ1v) is 29.1. The Balaban J connectivity index is 1.00. The van der Waals surface area contributed by atoms with Crippen LogP contribution in [0.1, 0.15) is 57.2 Å². The molecule has 1 atom stereocenters. The summed E-state index contributed by atoms with van der Waals surface area (Å²) >= 11 is 0. The Morgan fingerprint density at radius 1 is 0.616 bits per heavy atom. The highest BCUT2D eigenvalue weighted by molar-refractivity contribution is 6.00. The fraction of sp³-hybridized carbons (Fsp3) is 0.590. The minimum absolute atomic E-state index is 0.0353. The Bertz CT molecular complexity index is 2570. The van der Waals surface area contributed by atoms with E-state index in [1.165, 1.54) is 12.0 Å². The molecule has 4 rings (SSSR count). The van der Waals surface area contributed by atoms with Crippen molar-refractivity contribution in [2.75, 3.05) is 184 Å². The highest BCUT2D eigenvalue weighted by Crippen LogP contribution is 2.35. The molecule has 0 aliphatic carbocycles. The van der Waals surface area contributed by atoms with E-state index in [9.17, 15) is 19.2 Å². The highest BCUT2D eigenvalue weighted by Gasteiger charge is 2.25. The summed E-state index contributed by atoms with van der Waals surface area (Å²) in [5.74, 6) is -0.264. The van der Waals surface area contributed by atoms with Gasteiger partial charge in [-0.15, -0.1) is 0 Å². The first-order valence-electron chi connectivity index (χ1n) is 29.1. The molecule has 0 saturated carbocycles. The number of anilines is 1. The van der Waals surface area contributed by atoms with Crippen molar-refractivity contribution in [3.63, 3.8) is 0 Å². The van der Waals surface area contributed by atoms with Gasteiger partial charge in [-0.3, -0.25) is 19.3 Å². The molecule has 25 nitrogen and oxygen atoms in total. The van der Waals surface area contributed by atoms with Gasteiger partial charge in [0.05, 0.1) is 171 Å². The summed E-state index contributed by atoms with van der Waals surface area (Å²) in [7, 11) is 1.28. The number of carbonyl (C=O) groups excluding carboxylic acids is 4. The number of nitrogens with one attached hydrogen (secondary N) is 2. The van der Waals surface area contributed by atoms with E-state index in [0.717, 1.165) is 27.5 Å². The molecule has 0 bridgehead atoms. The largest absolute Gasteiger partial charge is 0.491 e. The van der Waals surface area contributed by atoms with Gasteiger partial charge in [0.2, 0.25) is 11.8 Å². The molecule has 4 aromatic rings. The van der Waals surface area contributed by atoms with E-state index in [-0.39, 0.29) is 38.3 Å². The molecule has 0 aliphatic heterocycles. The lowest BCUT2D eigenvalue weighted by molar-refractivity contribution is -0.141. The predicted molar refractivity (Wildman–Crippen MR) is 320 cm³/mol. The Hall–Kier alpha value is -6.58. The van der Waals surface area contributed by atoms with E-state index in [1.54, 1.807) is 33.0 Å². The second kappa shape index (κ2) is 44.8. The van der Waals surface area contributed by atoms with Gasteiger partial charge in [-0.1, -0.05) is 59.7 Å². The van der Waals surface area contributed by atoms with Gasteiger partial charge in [0.1, 0.15) is 23.8 Å². The lowest BCUT2D eigenvalue weighted by atomic mass is 9.95. The normalized spacial score (nSPS) is 11.7. The van der Waals surface area contributed by atoms with Gasteiger partial charge in [-0.25, -0.2) is 9.78 Å². The Kier molecular flexibility index (Phi) is 37.5. The number of ether oxygens (including phenoxy) is 14. The quantitative estimate of drug-likeness (QED) is 0.0146. The summed E-state index contributed by atoms with van der Waals surface area (Å²) in [4.78, 5) is 60.0. The van der Waals surface area contributed by atoms with Gasteiger partial charge in [-0.05, 0) is 85.5 Å². The molecule has 3 amide bonds. The molecule has 25 heteroatoms. The monoisotopic (exact) mass is 1210 g/mol. The molecule has 3 aromatic carbocycles. The molecule has 2 N–H and O–H groups in total. The fourth-order valence-electron chi connectivity index (χ4n) is 7.90. The van der Waals surface area contributed by atoms with Crippen LogP contribution < -0.4 is 20.3 Å². The number of carbonyl (C=O) groups is 4. The van der Waals surface area contributed by atoms with Crippen LogP contribution in [0.15, 0.2) is 84.1 Å². The molecular weight excluding hydrogens is 1120 g/mol. The molecular formula is C61H89N7O18. The van der Waals surface area contributed by atoms with Crippen molar-refractivity contribution in [2.24, 2.45) is 5.11 Å². The Labute approximate surface area is 504 Å². The van der Waals surface area contributed by atoms with Crippen LogP contribution in [0.3, 0.4) is 0 Å². The second-order valence-corrected chi connectivity index (χ2v) is 19.9. The Morgan fingerprint density at radius 2 is 1.10 bits per heavy atom. The number of rotatable bonds is 49. The van der Waals surface area contributed by atoms with E-state index in [1.807, 2.05) is 73.7 Å². The summed E-state index contributed by atoms with van der Waals surface area (Å²) < 4.78 is 77.3. The molecule has 0 aliphatic rings. The Morgan fingerprint density at radius 3 is 1.58 bits per heavy atom. The molecule has 0 radical (unpaired) electrons. The summed E-state index contributed by atoms with van der Waals surface area (Å²) in [5, 5.41) is 10.8. The molecule has 1 heterocycles. The lowest BCUT2D eigenvalue weighted by Gasteiger charge is -2.27. The maximum absolute atomic E-state index is 13.2. The third-order valence-corrected chi connectivity index (χ3v) is 12.1. The molecule has 0 saturated heterocycles. The summed E-state index contributed by atoms with van der Waals surface area (Å²) in [6, 6.07) is 22.3. The van der Waals surface area contributed by atoms with E-state index < -0.39 is 29.6 Å². The van der Waals surface area contributed by atoms with E-state index >= 15 is 0 Å². The van der Waals surface area contributed by atoms with Crippen LogP contribution in [-0.4, -0.2) is 213 Å². The summed E-state index contributed by atoms with van der Waals surface area (Å²) in [6.07, 6.45) is 1.22. The number of azide groups is 1. The molecule has 476 valence electrons. The number of aryl methyl sites for hydroxylation is 1. The summed E-state index contributed by atoms with van der Waals surface area (Å²) in [5.41, 5.74) is 10.9. The molecule has 86 heavy (non-hydrogen) atoms. The minimum Gasteiger partial charge on any atom is -0.491 e. The zero-order chi connectivity index (χ0) is 61.7. The van der Waals surface area contributed by atoms with Crippen LogP contribution in [0.2, 0.25) is 0 Å². The smallest absolute Gasteiger partial charge is 0.416 e. The first kappa shape index (κ1) is 71.9. The van der Waals surface area contributed by atoms with Crippen LogP contribution in [0.5, 0.6) is 5.75 Å². The lowest BCUT2D eigenvalue weighted by Crippen LogP contribution is -2.40. The number of benzene rings is 3. The van der Waals surface area contributed by atoms with E-state index in [4.69, 9.17) is 71.8 Å². The van der Waals surface area contributed by atoms with Crippen molar-refractivity contribution in [1.82, 2.24) is 15.6 Å². The zero-order valence-electron chi connectivity index (χ0n) is 50.7. The number of amides is 3. The number of fused-ring (bicyclic) bond motifs is 1. The number of aromatic nitrogens is 1. The SMILES string of the molecule is COC(=O)C[C@H](NC(=O)CNC(=O)CCCN(C(=O)OC(C)(C)C)c1cc(C)ccn1)c1ccc(-c2ccc(OCCOCCOCCOCCOCCOCCOCCOCCOCCOCCOCCOCCN=[N+]=[N-])c3ccccc23)cc1. The van der Waals surface area contributed by atoms with Crippen LogP contribution >= 0.6 is 0 Å². The number of nitrogens with zero attached hydrogens (tertiary/aromatic N) is 5. The number of hydrogen-bond acceptors (Lipinski definition) is 20. The van der Waals surface area contributed by atoms with Crippen molar-refractivity contribution < 1.29 is 85.5 Å². The molecule has 0 spiro atoms. The molecule has 0 fully saturated rings. The van der Waals surface area contributed by atoms with Gasteiger partial charge in [0, 0.05) is 36.0 Å². The second-order valence-electron chi connectivity index (χ2n) is 19.9. The van der Waals surface area contributed by atoms with Crippen molar-refractivity contribution in [3.05, 3.63) is 101 Å². The summed E-state index contributed by atoms with van der Waals surface area (Å²) in [6.45, 7) is 17.5. The van der Waals surface area contributed by atoms with Crippen LogP contribution in [-0.2, 0) is 76.0 Å². The minimum atomic E-state index is -0.731. The van der Waals surface area contributed by atoms with Gasteiger partial charge < -0.3 is 76.9 Å². The highest BCUT2D eigenvalue weighted by atomic mass is 16.6. The number of methoxy groups -OCH3 is 1. The van der Waals surface area contributed by atoms with Crippen molar-refractivity contribution >= 4 is 40.5 Å². The fourth-order valence-corrected chi connectivity index (χ4v) is 7.90. The van der Waals surface area contributed by atoms with Crippen LogP contribution in [0, 0.1) is 6.92 Å². The molecule has 0 unspecified atom stereocenters. The topological polar surface area (TPSA) is 286 Å². The van der Waals surface area contributed by atoms with Gasteiger partial charge >= 0.3 is 12.1 Å². The average molecular weight is 1210 g/mol. The number of pyridine rings is 1. The van der Waals surface area contributed by atoms with Crippen molar-refractivity contribution in [1.29, 1.82) is 0 Å². The van der Waals surface area contributed by atoms with Gasteiger partial charge in [0.25, 0.3) is 0 Å². The van der Waals surface area contributed by atoms with Gasteiger partial charge in [0.15, 0.2) is 0 Å². The van der Waals surface area contributed by atoms with Crippen molar-refractivity contribution in [3.8, 4) is 16.9 Å². The number of esters is 1. The first-order chi connectivity index (χ1) is 41.9. The number of hydrogen-bond donors (Lipinski definition) is 2. The van der Waals surface area contributed by atoms with Gasteiger partial charge in [-0.2, -0.15) is 0 Å². The predicted octanol–water partition coefficient (Wildman–Crippen LogP) is 7.14. The third-order valence-electron chi connectivity index (χ3n) is 12.1. The zero-order valence-corrected chi connectivity index (χ0v) is 50.7. The molecule has 1 aromatic heterocycles. The standard InChI is InChI=1S/C61H89N7O18/c1-48-18-19-63-56(45-48)68(60(72)86-61(2,3)4)21-8-11-57(69)64-47-58(70)66-54(46-59(71)73-5)50-14-12-49(13-15-50)51-16-17-55(53-10-7-6-9-52(51)53)85-44-43-84-42-41-83-40-39-82-38-37-81-36-35-80-34-33-79-32-31-78-30-29-77-28-27-76-26-25-75-24-23-74-22-20-65-67-62/h6-7,9-10,12-19,45,54H,8,11,20-44,46-47H2,1-5H3,(H,64,69)(H,66,70)/t54-/m0/s1.